The van der Waals surface area contributed by atoms with E-state index in [1.165, 1.54) is 13.0 Å². The smallest absolute Gasteiger partial charge is 0.374 e. The highest BCUT2D eigenvalue weighted by molar-refractivity contribution is 5.93. The zero-order valence-corrected chi connectivity index (χ0v) is 10.7. The van der Waals surface area contributed by atoms with Crippen molar-refractivity contribution in [3.05, 3.63) is 41.2 Å². The zero-order chi connectivity index (χ0) is 13.5. The van der Waals surface area contributed by atoms with E-state index >= 15 is 0 Å². The Kier molecular flexibility index (Phi) is 5.11. The summed E-state index contributed by atoms with van der Waals surface area (Å²) in [6.07, 6.45) is 1.48. The van der Waals surface area contributed by atoms with Crippen LogP contribution in [0.3, 0.4) is 0 Å². The van der Waals surface area contributed by atoms with Gasteiger partial charge in [-0.3, -0.25) is 4.79 Å². The molecule has 0 saturated heterocycles. The van der Waals surface area contributed by atoms with E-state index in [2.05, 4.69) is 0 Å². The Morgan fingerprint density at radius 3 is 2.33 bits per heavy atom. The molecule has 4 heteroatoms. The summed E-state index contributed by atoms with van der Waals surface area (Å²) in [5, 5.41) is 0. The van der Waals surface area contributed by atoms with Crippen LogP contribution in [0.2, 0.25) is 0 Å². The molecule has 0 heterocycles. The monoisotopic (exact) mass is 248 g/mol. The van der Waals surface area contributed by atoms with Crippen LogP contribution in [0.15, 0.2) is 30.0 Å². The first-order valence-corrected chi connectivity index (χ1v) is 5.67. The number of ether oxygens (including phenoxy) is 2. The van der Waals surface area contributed by atoms with Crippen LogP contribution in [-0.4, -0.2) is 18.5 Å². The fourth-order valence-electron chi connectivity index (χ4n) is 1.30. The third-order valence-corrected chi connectivity index (χ3v) is 2.11. The summed E-state index contributed by atoms with van der Waals surface area (Å²) in [5.41, 5.74) is 1.88. The molecule has 0 aliphatic heterocycles. The average Bonchev–Trinajstić information content (AvgIpc) is 2.31. The molecule has 0 N–H and O–H groups in total. The topological polar surface area (TPSA) is 52.6 Å². The van der Waals surface area contributed by atoms with E-state index in [-0.39, 0.29) is 12.4 Å². The highest BCUT2D eigenvalue weighted by Crippen LogP contribution is 2.11. The Hall–Kier alpha value is -2.10. The Bertz CT molecular complexity index is 457. The van der Waals surface area contributed by atoms with Crippen LogP contribution in [-0.2, 0) is 19.1 Å². The summed E-state index contributed by atoms with van der Waals surface area (Å²) < 4.78 is 9.66. The molecule has 1 aromatic carbocycles. The molecule has 0 aliphatic rings. The van der Waals surface area contributed by atoms with Crippen LogP contribution in [0, 0.1) is 6.92 Å². The number of aryl methyl sites for hydroxylation is 1. The van der Waals surface area contributed by atoms with Gasteiger partial charge in [-0.1, -0.05) is 29.8 Å². The van der Waals surface area contributed by atoms with Crippen LogP contribution in [0.25, 0.3) is 6.08 Å². The van der Waals surface area contributed by atoms with Crippen molar-refractivity contribution in [1.29, 1.82) is 0 Å². The summed E-state index contributed by atoms with van der Waals surface area (Å²) >= 11 is 0. The number of hydrogen-bond donors (Lipinski definition) is 0. The Morgan fingerprint density at radius 2 is 1.83 bits per heavy atom. The second kappa shape index (κ2) is 6.59. The highest BCUT2D eigenvalue weighted by atomic mass is 16.6. The molecule has 0 saturated carbocycles. The fraction of sp³-hybridized carbons (Fsp3) is 0.286. The lowest BCUT2D eigenvalue weighted by Crippen LogP contribution is -2.12. The first-order chi connectivity index (χ1) is 8.52. The molecule has 0 amide bonds. The van der Waals surface area contributed by atoms with Crippen LogP contribution >= 0.6 is 0 Å². The summed E-state index contributed by atoms with van der Waals surface area (Å²) in [4.78, 5) is 22.5. The first-order valence-electron chi connectivity index (χ1n) is 5.67. The normalized spacial score (nSPS) is 10.9. The molecular weight excluding hydrogens is 232 g/mol. The van der Waals surface area contributed by atoms with Gasteiger partial charge in [0.05, 0.1) is 6.61 Å². The van der Waals surface area contributed by atoms with Crippen LogP contribution in [0.4, 0.5) is 0 Å². The minimum absolute atomic E-state index is 0.104. The Morgan fingerprint density at radius 1 is 1.22 bits per heavy atom. The lowest BCUT2D eigenvalue weighted by molar-refractivity contribution is -0.149. The van der Waals surface area contributed by atoms with Gasteiger partial charge >= 0.3 is 11.9 Å². The van der Waals surface area contributed by atoms with Gasteiger partial charge in [-0.15, -0.1) is 0 Å². The standard InChI is InChI=1S/C14H16O4/c1-4-17-14(16)13(18-11(3)15)9-12-7-5-10(2)6-8-12/h5-9H,4H2,1-3H3/b13-9-. The molecule has 4 nitrogen and oxygen atoms in total. The molecule has 0 spiro atoms. The molecule has 0 atom stereocenters. The van der Waals surface area contributed by atoms with E-state index in [9.17, 15) is 9.59 Å². The van der Waals surface area contributed by atoms with Crippen LogP contribution < -0.4 is 0 Å². The van der Waals surface area contributed by atoms with Gasteiger partial charge in [0.1, 0.15) is 0 Å². The number of carbonyl (C=O) groups is 2. The molecule has 1 rings (SSSR count). The maximum Gasteiger partial charge on any atom is 0.374 e. The number of benzene rings is 1. The summed E-state index contributed by atoms with van der Waals surface area (Å²) in [5.74, 6) is -1.30. The molecule has 0 radical (unpaired) electrons. The van der Waals surface area contributed by atoms with E-state index in [4.69, 9.17) is 9.47 Å². The molecule has 96 valence electrons. The minimum Gasteiger partial charge on any atom is -0.460 e. The van der Waals surface area contributed by atoms with Gasteiger partial charge in [-0.2, -0.15) is 0 Å². The molecule has 0 bridgehead atoms. The number of hydrogen-bond acceptors (Lipinski definition) is 4. The largest absolute Gasteiger partial charge is 0.460 e. The van der Waals surface area contributed by atoms with E-state index in [1.54, 1.807) is 6.92 Å². The van der Waals surface area contributed by atoms with E-state index < -0.39 is 11.9 Å². The summed E-state index contributed by atoms with van der Waals surface area (Å²) in [6, 6.07) is 7.47. The van der Waals surface area contributed by atoms with Gasteiger partial charge in [0.15, 0.2) is 0 Å². The van der Waals surface area contributed by atoms with Gasteiger partial charge in [-0.25, -0.2) is 4.79 Å². The third kappa shape index (κ3) is 4.41. The summed E-state index contributed by atoms with van der Waals surface area (Å²) in [7, 11) is 0. The van der Waals surface area contributed by atoms with Crippen LogP contribution in [0.5, 0.6) is 0 Å². The average molecular weight is 248 g/mol. The van der Waals surface area contributed by atoms with Gasteiger partial charge in [0, 0.05) is 6.92 Å². The van der Waals surface area contributed by atoms with Gasteiger partial charge in [0.25, 0.3) is 0 Å². The van der Waals surface area contributed by atoms with Crippen LogP contribution in [0.1, 0.15) is 25.0 Å². The maximum absolute atomic E-state index is 11.6. The molecule has 1 aromatic rings. The van der Waals surface area contributed by atoms with Crippen molar-refractivity contribution in [3.63, 3.8) is 0 Å². The second-order valence-corrected chi connectivity index (χ2v) is 3.73. The number of carbonyl (C=O) groups excluding carboxylic acids is 2. The molecule has 18 heavy (non-hydrogen) atoms. The Balaban J connectivity index is 2.97. The first kappa shape index (κ1) is 14.0. The van der Waals surface area contributed by atoms with E-state index in [1.807, 2.05) is 31.2 Å². The number of rotatable bonds is 4. The third-order valence-electron chi connectivity index (χ3n) is 2.11. The predicted octanol–water partition coefficient (Wildman–Crippen LogP) is 2.46. The molecule has 0 aliphatic carbocycles. The van der Waals surface area contributed by atoms with Crippen molar-refractivity contribution in [2.75, 3.05) is 6.61 Å². The van der Waals surface area contributed by atoms with Crippen molar-refractivity contribution in [1.82, 2.24) is 0 Å². The quantitative estimate of drug-likeness (QED) is 0.466. The fourth-order valence-corrected chi connectivity index (χ4v) is 1.30. The second-order valence-electron chi connectivity index (χ2n) is 3.73. The lowest BCUT2D eigenvalue weighted by Gasteiger charge is -2.06. The molecule has 0 aromatic heterocycles. The number of esters is 2. The SMILES string of the molecule is CCOC(=O)/C(=C/c1ccc(C)cc1)OC(C)=O. The van der Waals surface area contributed by atoms with Gasteiger partial charge in [0.2, 0.25) is 5.76 Å². The summed E-state index contributed by atoms with van der Waals surface area (Å²) in [6.45, 7) is 5.12. The molecule has 0 unspecified atom stereocenters. The van der Waals surface area contributed by atoms with Gasteiger partial charge < -0.3 is 9.47 Å². The van der Waals surface area contributed by atoms with Crippen molar-refractivity contribution in [2.24, 2.45) is 0 Å². The van der Waals surface area contributed by atoms with E-state index in [0.29, 0.717) is 0 Å². The zero-order valence-electron chi connectivity index (χ0n) is 10.7. The maximum atomic E-state index is 11.6. The molecular formula is C14H16O4. The minimum atomic E-state index is -0.645. The lowest BCUT2D eigenvalue weighted by atomic mass is 10.1. The Labute approximate surface area is 106 Å². The molecule has 0 fully saturated rings. The van der Waals surface area contributed by atoms with Crippen molar-refractivity contribution in [3.8, 4) is 0 Å². The van der Waals surface area contributed by atoms with Gasteiger partial charge in [-0.05, 0) is 25.5 Å². The van der Waals surface area contributed by atoms with Crippen molar-refractivity contribution >= 4 is 18.0 Å². The van der Waals surface area contributed by atoms with Crippen molar-refractivity contribution in [2.45, 2.75) is 20.8 Å². The van der Waals surface area contributed by atoms with Crippen molar-refractivity contribution < 1.29 is 19.1 Å². The predicted molar refractivity (Wildman–Crippen MR) is 67.6 cm³/mol. The highest BCUT2D eigenvalue weighted by Gasteiger charge is 2.14. The van der Waals surface area contributed by atoms with E-state index in [0.717, 1.165) is 11.1 Å².